The van der Waals surface area contributed by atoms with Crippen LogP contribution in [0.2, 0.25) is 0 Å². The minimum absolute atomic E-state index is 0.110. The van der Waals surface area contributed by atoms with Crippen LogP contribution in [0.5, 0.6) is 0 Å². The normalized spacial score (nSPS) is 13.8. The van der Waals surface area contributed by atoms with Crippen LogP contribution in [0.4, 0.5) is 18.0 Å². The van der Waals surface area contributed by atoms with Gasteiger partial charge in [0.05, 0.1) is 28.3 Å². The van der Waals surface area contributed by atoms with Crippen LogP contribution in [-0.2, 0) is 35.3 Å². The highest BCUT2D eigenvalue weighted by Crippen LogP contribution is 2.33. The summed E-state index contributed by atoms with van der Waals surface area (Å²) in [4.78, 5) is 29.0. The number of aromatic nitrogens is 2. The molecule has 0 aliphatic carbocycles. The van der Waals surface area contributed by atoms with Crippen molar-refractivity contribution in [2.24, 2.45) is 11.2 Å². The zero-order chi connectivity index (χ0) is 36.0. The van der Waals surface area contributed by atoms with E-state index in [9.17, 15) is 36.4 Å². The van der Waals surface area contributed by atoms with Gasteiger partial charge in [-0.15, -0.1) is 5.01 Å². The molecule has 48 heavy (non-hydrogen) atoms. The van der Waals surface area contributed by atoms with Gasteiger partial charge in [-0.3, -0.25) is 4.79 Å². The smallest absolute Gasteiger partial charge is 0.511 e. The second-order valence-corrected chi connectivity index (χ2v) is 13.4. The Morgan fingerprint density at radius 3 is 2.25 bits per heavy atom. The highest BCUT2D eigenvalue weighted by atomic mass is 32.2. The first-order chi connectivity index (χ1) is 22.2. The molecule has 2 atom stereocenters. The quantitative estimate of drug-likeness (QED) is 0.0616. The maximum absolute atomic E-state index is 13.6. The summed E-state index contributed by atoms with van der Waals surface area (Å²) in [6.45, 7) is 9.21. The molecule has 2 aromatic carbocycles. The number of alkyl halides is 3. The Morgan fingerprint density at radius 1 is 1.10 bits per heavy atom. The standard InChI is InChI=1S/C30H37F3N6O8S/c1-8-20(3)26(37(7)39(42)36-46-18-45-28(41)47-29(4,5)6)27(40)35-48(43,44)23-15-13-22(14-16-23)38-24(17-25(34-38)30(31,32)33)21-11-9-19(2)10-12-21/h9-17,20,26H,8,18H2,1-7H3,(H,35,40)/t20-,26+/m1/s1. The summed E-state index contributed by atoms with van der Waals surface area (Å²) in [5.41, 5.74) is -0.365. The van der Waals surface area contributed by atoms with E-state index in [0.717, 1.165) is 33.5 Å². The fraction of sp³-hybridized carbons (Fsp3) is 0.433. The van der Waals surface area contributed by atoms with Gasteiger partial charge in [0.1, 0.15) is 5.60 Å². The average Bonchev–Trinajstić information content (AvgIpc) is 3.45. The summed E-state index contributed by atoms with van der Waals surface area (Å²) in [7, 11) is -3.35. The van der Waals surface area contributed by atoms with Crippen LogP contribution >= 0.6 is 0 Å². The zero-order valence-electron chi connectivity index (χ0n) is 27.3. The molecule has 3 rings (SSSR count). The van der Waals surface area contributed by atoms with Crippen molar-refractivity contribution < 1.29 is 50.5 Å². The summed E-state index contributed by atoms with van der Waals surface area (Å²) in [5, 5.41) is 20.3. The number of nitrogens with zero attached hydrogens (tertiary/aromatic N) is 5. The van der Waals surface area contributed by atoms with Crippen LogP contribution in [0.25, 0.3) is 16.9 Å². The lowest BCUT2D eigenvalue weighted by Gasteiger charge is -2.27. The van der Waals surface area contributed by atoms with E-state index in [0.29, 0.717) is 12.0 Å². The van der Waals surface area contributed by atoms with E-state index in [1.165, 1.54) is 19.2 Å². The lowest BCUT2D eigenvalue weighted by molar-refractivity contribution is -0.712. The van der Waals surface area contributed by atoms with Crippen LogP contribution < -0.4 is 4.72 Å². The van der Waals surface area contributed by atoms with Crippen LogP contribution in [-0.4, -0.2) is 65.7 Å². The molecule has 0 spiro atoms. The van der Waals surface area contributed by atoms with E-state index in [-0.39, 0.29) is 21.2 Å². The number of halogens is 3. The van der Waals surface area contributed by atoms with E-state index in [4.69, 9.17) is 4.74 Å². The Bertz CT molecular complexity index is 1720. The van der Waals surface area contributed by atoms with Gasteiger partial charge >= 0.3 is 12.3 Å². The monoisotopic (exact) mass is 698 g/mol. The van der Waals surface area contributed by atoms with Crippen molar-refractivity contribution in [3.05, 3.63) is 71.1 Å². The first kappa shape index (κ1) is 37.6. The van der Waals surface area contributed by atoms with Gasteiger partial charge in [0, 0.05) is 5.56 Å². The number of hydrazine groups is 1. The molecule has 0 unspecified atom stereocenters. The molecule has 262 valence electrons. The van der Waals surface area contributed by atoms with Gasteiger partial charge < -0.3 is 19.5 Å². The minimum atomic E-state index is -4.73. The Labute approximate surface area is 275 Å². The summed E-state index contributed by atoms with van der Waals surface area (Å²) in [6.07, 6.45) is -5.45. The molecule has 18 heteroatoms. The topological polar surface area (TPSA) is 167 Å². The summed E-state index contributed by atoms with van der Waals surface area (Å²) in [5.74, 6) is -1.64. The summed E-state index contributed by atoms with van der Waals surface area (Å²) < 4.78 is 79.7. The van der Waals surface area contributed by atoms with E-state index >= 15 is 0 Å². The van der Waals surface area contributed by atoms with Crippen molar-refractivity contribution in [3.8, 4) is 16.9 Å². The Morgan fingerprint density at radius 2 is 1.71 bits per heavy atom. The predicted molar refractivity (Wildman–Crippen MR) is 164 cm³/mol. The van der Waals surface area contributed by atoms with Crippen LogP contribution in [0.1, 0.15) is 52.3 Å². The van der Waals surface area contributed by atoms with Crippen molar-refractivity contribution in [1.29, 1.82) is 0 Å². The lowest BCUT2D eigenvalue weighted by Crippen LogP contribution is -2.52. The number of rotatable bonds is 12. The molecular weight excluding hydrogens is 661 g/mol. The molecule has 0 saturated carbocycles. The molecule has 3 aromatic rings. The first-order valence-corrected chi connectivity index (χ1v) is 16.0. The SMILES string of the molecule is CC[C@@H](C)[C@@H](C(=O)NS(=O)(=O)c1ccc(-n2nc(C(F)(F)F)cc2-c2ccc(C)cc2)cc1)N(C)[N+]([O-])=NOCOC(=O)OC(C)(C)C. The van der Waals surface area contributed by atoms with Crippen molar-refractivity contribution >= 4 is 22.1 Å². The molecular formula is C30H37F3N6O8S. The third-order valence-corrected chi connectivity index (χ3v) is 8.21. The molecule has 0 saturated heterocycles. The van der Waals surface area contributed by atoms with Gasteiger partial charge in [-0.2, -0.15) is 18.3 Å². The number of nitrogens with one attached hydrogen (secondary N) is 1. The van der Waals surface area contributed by atoms with Gasteiger partial charge in [0.25, 0.3) is 22.7 Å². The van der Waals surface area contributed by atoms with Crippen LogP contribution in [0, 0.1) is 18.0 Å². The maximum atomic E-state index is 13.6. The number of aryl methyl sites for hydroxylation is 1. The number of likely N-dealkylation sites (N-methyl/N-ethyl adjacent to an activating group) is 1. The molecule has 0 aliphatic rings. The third kappa shape index (κ3) is 9.82. The third-order valence-electron chi connectivity index (χ3n) is 6.84. The Balaban J connectivity index is 1.80. The molecule has 1 aromatic heterocycles. The van der Waals surface area contributed by atoms with Gasteiger partial charge in [-0.25, -0.2) is 22.6 Å². The molecule has 0 bridgehead atoms. The largest absolute Gasteiger partial charge is 0.569 e. The fourth-order valence-corrected chi connectivity index (χ4v) is 5.27. The van der Waals surface area contributed by atoms with E-state index < -0.39 is 58.3 Å². The van der Waals surface area contributed by atoms with Crippen molar-refractivity contribution in [3.63, 3.8) is 0 Å². The second kappa shape index (κ2) is 14.9. The number of benzene rings is 2. The number of amides is 1. The molecule has 0 radical (unpaired) electrons. The van der Waals surface area contributed by atoms with E-state index in [1.54, 1.807) is 58.9 Å². The maximum Gasteiger partial charge on any atom is 0.511 e. The van der Waals surface area contributed by atoms with Gasteiger partial charge in [-0.05, 0) is 63.9 Å². The van der Waals surface area contributed by atoms with Crippen LogP contribution in [0.3, 0.4) is 0 Å². The summed E-state index contributed by atoms with van der Waals surface area (Å²) in [6, 6.07) is 11.0. The van der Waals surface area contributed by atoms with Crippen LogP contribution in [0.15, 0.2) is 64.8 Å². The molecule has 0 aliphatic heterocycles. The molecule has 1 heterocycles. The zero-order valence-corrected chi connectivity index (χ0v) is 28.1. The second-order valence-electron chi connectivity index (χ2n) is 11.7. The molecule has 1 N–H and O–H groups in total. The Kier molecular flexibility index (Phi) is 11.7. The average molecular weight is 699 g/mol. The molecule has 0 fully saturated rings. The minimum Gasteiger partial charge on any atom is -0.569 e. The highest BCUT2D eigenvalue weighted by Gasteiger charge is 2.37. The lowest BCUT2D eigenvalue weighted by atomic mass is 9.98. The summed E-state index contributed by atoms with van der Waals surface area (Å²) >= 11 is 0. The number of carbonyl (C=O) groups is 2. The van der Waals surface area contributed by atoms with E-state index in [2.05, 4.69) is 20.0 Å². The number of hydrogen-bond donors (Lipinski definition) is 1. The van der Waals surface area contributed by atoms with Crippen molar-refractivity contribution in [2.45, 2.75) is 70.7 Å². The van der Waals surface area contributed by atoms with Gasteiger partial charge in [-0.1, -0.05) is 50.1 Å². The van der Waals surface area contributed by atoms with Gasteiger partial charge in [0.15, 0.2) is 11.7 Å². The highest BCUT2D eigenvalue weighted by molar-refractivity contribution is 7.90. The van der Waals surface area contributed by atoms with Crippen molar-refractivity contribution in [1.82, 2.24) is 19.5 Å². The number of ether oxygens (including phenoxy) is 2. The molecule has 14 nitrogen and oxygen atoms in total. The molecule has 1 amide bonds. The predicted octanol–water partition coefficient (Wildman–Crippen LogP) is 5.74. The fourth-order valence-electron chi connectivity index (χ4n) is 4.28. The Hall–Kier alpha value is -4.87. The first-order valence-electron chi connectivity index (χ1n) is 14.5. The van der Waals surface area contributed by atoms with Crippen molar-refractivity contribution in [2.75, 3.05) is 13.8 Å². The van der Waals surface area contributed by atoms with Gasteiger partial charge in [0.2, 0.25) is 5.28 Å². The number of hydrogen-bond acceptors (Lipinski definition) is 10. The number of carbonyl (C=O) groups excluding carboxylic acids is 2. The number of sulfonamides is 1. The van der Waals surface area contributed by atoms with E-state index in [1.807, 2.05) is 11.6 Å².